The summed E-state index contributed by atoms with van der Waals surface area (Å²) in [5, 5.41) is 7.35. The van der Waals surface area contributed by atoms with Gasteiger partial charge in [-0.3, -0.25) is 9.59 Å². The van der Waals surface area contributed by atoms with Crippen LogP contribution in [0.5, 0.6) is 5.75 Å². The SMILES string of the molecule is CC[C@H](C(=O)Nc1ccccc1OC)n1nc(-c2ccc(C)c(C)c2)ccc1=O. The number of rotatable bonds is 6. The van der Waals surface area contributed by atoms with Crippen molar-refractivity contribution in [2.75, 3.05) is 12.4 Å². The number of hydrogen-bond donors (Lipinski definition) is 1. The average molecular weight is 391 g/mol. The number of amides is 1. The molecule has 0 spiro atoms. The number of nitrogens with zero attached hydrogens (tertiary/aromatic N) is 2. The summed E-state index contributed by atoms with van der Waals surface area (Å²) in [6.45, 7) is 5.93. The number of nitrogens with one attached hydrogen (secondary N) is 1. The zero-order valence-corrected chi connectivity index (χ0v) is 17.1. The van der Waals surface area contributed by atoms with E-state index >= 15 is 0 Å². The van der Waals surface area contributed by atoms with Crippen LogP contribution in [-0.2, 0) is 4.79 Å². The molecule has 0 unspecified atom stereocenters. The number of hydrogen-bond acceptors (Lipinski definition) is 4. The van der Waals surface area contributed by atoms with E-state index in [0.717, 1.165) is 11.1 Å². The maximum atomic E-state index is 12.9. The molecule has 0 aliphatic heterocycles. The molecule has 0 aliphatic rings. The molecular formula is C23H25N3O3. The van der Waals surface area contributed by atoms with Gasteiger partial charge < -0.3 is 10.1 Å². The van der Waals surface area contributed by atoms with E-state index in [2.05, 4.69) is 10.4 Å². The molecule has 6 heteroatoms. The van der Waals surface area contributed by atoms with E-state index < -0.39 is 6.04 Å². The highest BCUT2D eigenvalue weighted by Crippen LogP contribution is 2.25. The minimum Gasteiger partial charge on any atom is -0.495 e. The number of methoxy groups -OCH3 is 1. The number of anilines is 1. The van der Waals surface area contributed by atoms with Gasteiger partial charge in [0.15, 0.2) is 0 Å². The number of aromatic nitrogens is 2. The van der Waals surface area contributed by atoms with Crippen molar-refractivity contribution >= 4 is 11.6 Å². The first kappa shape index (κ1) is 20.3. The van der Waals surface area contributed by atoms with Gasteiger partial charge in [0.2, 0.25) is 5.91 Å². The molecule has 29 heavy (non-hydrogen) atoms. The van der Waals surface area contributed by atoms with E-state index in [0.29, 0.717) is 23.6 Å². The Labute approximate surface area is 170 Å². The minimum absolute atomic E-state index is 0.316. The van der Waals surface area contributed by atoms with Crippen molar-refractivity contribution < 1.29 is 9.53 Å². The third kappa shape index (κ3) is 4.37. The molecule has 3 rings (SSSR count). The number of aryl methyl sites for hydroxylation is 2. The number of benzene rings is 2. The predicted molar refractivity (Wildman–Crippen MR) is 114 cm³/mol. The van der Waals surface area contributed by atoms with Crippen molar-refractivity contribution in [1.82, 2.24) is 9.78 Å². The zero-order valence-electron chi connectivity index (χ0n) is 17.1. The van der Waals surface area contributed by atoms with Crippen molar-refractivity contribution in [3.63, 3.8) is 0 Å². The third-order valence-electron chi connectivity index (χ3n) is 4.98. The van der Waals surface area contributed by atoms with Gasteiger partial charge in [-0.05, 0) is 55.7 Å². The summed E-state index contributed by atoms with van der Waals surface area (Å²) in [5.74, 6) is 0.240. The molecule has 0 radical (unpaired) electrons. The van der Waals surface area contributed by atoms with Gasteiger partial charge in [-0.1, -0.05) is 31.2 Å². The van der Waals surface area contributed by atoms with Crippen LogP contribution in [-0.4, -0.2) is 22.8 Å². The van der Waals surface area contributed by atoms with Crippen LogP contribution in [0.4, 0.5) is 5.69 Å². The molecule has 6 nitrogen and oxygen atoms in total. The van der Waals surface area contributed by atoms with E-state index in [-0.39, 0.29) is 11.5 Å². The number of ether oxygens (including phenoxy) is 1. The lowest BCUT2D eigenvalue weighted by atomic mass is 10.0. The highest BCUT2D eigenvalue weighted by atomic mass is 16.5. The van der Waals surface area contributed by atoms with E-state index in [4.69, 9.17) is 4.74 Å². The van der Waals surface area contributed by atoms with Crippen LogP contribution < -0.4 is 15.6 Å². The minimum atomic E-state index is -0.737. The molecule has 0 fully saturated rings. The molecule has 0 bridgehead atoms. The van der Waals surface area contributed by atoms with Crippen molar-refractivity contribution in [3.05, 3.63) is 76.1 Å². The number of carbonyl (C=O) groups is 1. The Balaban J connectivity index is 1.95. The summed E-state index contributed by atoms with van der Waals surface area (Å²) in [6.07, 6.45) is 0.421. The van der Waals surface area contributed by atoms with Crippen LogP contribution in [0.3, 0.4) is 0 Å². The fourth-order valence-corrected chi connectivity index (χ4v) is 3.14. The standard InChI is InChI=1S/C23H25N3O3/c1-5-20(23(28)24-19-8-6-7-9-21(19)29-4)26-22(27)13-12-18(25-26)17-11-10-15(2)16(3)14-17/h6-14,20H,5H2,1-4H3,(H,24,28)/t20-/m1/s1. The first-order chi connectivity index (χ1) is 13.9. The van der Waals surface area contributed by atoms with Crippen LogP contribution >= 0.6 is 0 Å². The fraction of sp³-hybridized carbons (Fsp3) is 0.261. The zero-order chi connectivity index (χ0) is 21.0. The van der Waals surface area contributed by atoms with Gasteiger partial charge >= 0.3 is 0 Å². The average Bonchev–Trinajstić information content (AvgIpc) is 2.72. The second kappa shape index (κ2) is 8.73. The maximum Gasteiger partial charge on any atom is 0.267 e. The smallest absolute Gasteiger partial charge is 0.267 e. The molecule has 150 valence electrons. The van der Waals surface area contributed by atoms with Crippen molar-refractivity contribution in [2.45, 2.75) is 33.2 Å². The Morgan fingerprint density at radius 3 is 2.55 bits per heavy atom. The lowest BCUT2D eigenvalue weighted by molar-refractivity contribution is -0.119. The number of carbonyl (C=O) groups excluding carboxylic acids is 1. The summed E-state index contributed by atoms with van der Waals surface area (Å²) < 4.78 is 6.55. The van der Waals surface area contributed by atoms with Gasteiger partial charge in [0.25, 0.3) is 5.56 Å². The second-order valence-corrected chi connectivity index (χ2v) is 6.91. The van der Waals surface area contributed by atoms with Crippen LogP contribution in [0, 0.1) is 13.8 Å². The fourth-order valence-electron chi connectivity index (χ4n) is 3.14. The summed E-state index contributed by atoms with van der Waals surface area (Å²) in [5.41, 5.74) is 4.11. The molecule has 1 heterocycles. The lowest BCUT2D eigenvalue weighted by Crippen LogP contribution is -2.34. The highest BCUT2D eigenvalue weighted by Gasteiger charge is 2.22. The molecule has 1 aromatic heterocycles. The predicted octanol–water partition coefficient (Wildman–Crippen LogP) is 4.13. The van der Waals surface area contributed by atoms with Crippen LogP contribution in [0.15, 0.2) is 59.4 Å². The number of para-hydroxylation sites is 2. The molecule has 0 saturated heterocycles. The summed E-state index contributed by atoms with van der Waals surface area (Å²) >= 11 is 0. The Morgan fingerprint density at radius 2 is 1.86 bits per heavy atom. The highest BCUT2D eigenvalue weighted by molar-refractivity contribution is 5.95. The van der Waals surface area contributed by atoms with E-state index in [1.54, 1.807) is 25.3 Å². The van der Waals surface area contributed by atoms with Gasteiger partial charge in [-0.15, -0.1) is 0 Å². The first-order valence-corrected chi connectivity index (χ1v) is 9.56. The Bertz CT molecular complexity index is 1090. The maximum absolute atomic E-state index is 12.9. The molecule has 1 atom stereocenters. The van der Waals surface area contributed by atoms with Crippen molar-refractivity contribution in [1.29, 1.82) is 0 Å². The molecule has 3 aromatic rings. The van der Waals surface area contributed by atoms with Crippen LogP contribution in [0.25, 0.3) is 11.3 Å². The summed E-state index contributed by atoms with van der Waals surface area (Å²) in [4.78, 5) is 25.4. The normalized spacial score (nSPS) is 11.7. The van der Waals surface area contributed by atoms with Crippen LogP contribution in [0.1, 0.15) is 30.5 Å². The van der Waals surface area contributed by atoms with Crippen molar-refractivity contribution in [2.24, 2.45) is 0 Å². The van der Waals surface area contributed by atoms with Gasteiger partial charge in [-0.2, -0.15) is 5.10 Å². The second-order valence-electron chi connectivity index (χ2n) is 6.91. The Kier molecular flexibility index (Phi) is 6.12. The summed E-state index contributed by atoms with van der Waals surface area (Å²) in [7, 11) is 1.54. The molecule has 1 amide bonds. The van der Waals surface area contributed by atoms with Gasteiger partial charge in [0.1, 0.15) is 11.8 Å². The summed E-state index contributed by atoms with van der Waals surface area (Å²) in [6, 6.07) is 15.6. The van der Waals surface area contributed by atoms with Crippen LogP contribution in [0.2, 0.25) is 0 Å². The first-order valence-electron chi connectivity index (χ1n) is 9.56. The topological polar surface area (TPSA) is 73.2 Å². The largest absolute Gasteiger partial charge is 0.495 e. The van der Waals surface area contributed by atoms with Gasteiger partial charge in [-0.25, -0.2) is 4.68 Å². The molecule has 0 aliphatic carbocycles. The van der Waals surface area contributed by atoms with E-state index in [1.165, 1.54) is 16.3 Å². The van der Waals surface area contributed by atoms with Crippen molar-refractivity contribution in [3.8, 4) is 17.0 Å². The Morgan fingerprint density at radius 1 is 1.10 bits per heavy atom. The Hall–Kier alpha value is -3.41. The third-order valence-corrected chi connectivity index (χ3v) is 4.98. The molecular weight excluding hydrogens is 366 g/mol. The monoisotopic (exact) mass is 391 g/mol. The molecule has 0 saturated carbocycles. The molecule has 1 N–H and O–H groups in total. The molecule has 2 aromatic carbocycles. The van der Waals surface area contributed by atoms with E-state index in [9.17, 15) is 9.59 Å². The lowest BCUT2D eigenvalue weighted by Gasteiger charge is -2.18. The van der Waals surface area contributed by atoms with Gasteiger partial charge in [0.05, 0.1) is 18.5 Å². The van der Waals surface area contributed by atoms with Gasteiger partial charge in [0, 0.05) is 11.6 Å². The van der Waals surface area contributed by atoms with E-state index in [1.807, 2.05) is 51.1 Å². The quantitative estimate of drug-likeness (QED) is 0.686.